The fourth-order valence-corrected chi connectivity index (χ4v) is 6.32. The Hall–Kier alpha value is -3.00. The summed E-state index contributed by atoms with van der Waals surface area (Å²) in [5.74, 6) is -0.715. The molecule has 2 unspecified atom stereocenters. The second-order valence-corrected chi connectivity index (χ2v) is 9.55. The molecule has 2 N–H and O–H groups in total. The zero-order valence-electron chi connectivity index (χ0n) is 17.4. The third-order valence-electron chi connectivity index (χ3n) is 6.36. The van der Waals surface area contributed by atoms with Crippen LogP contribution in [-0.2, 0) is 14.3 Å². The highest BCUT2D eigenvalue weighted by atomic mass is 32.2. The third kappa shape index (κ3) is 3.83. The summed E-state index contributed by atoms with van der Waals surface area (Å²) >= 11 is 1.51. The molecule has 32 heavy (non-hydrogen) atoms. The molecule has 2 atom stereocenters. The number of amides is 2. The Morgan fingerprint density at radius 2 is 1.66 bits per heavy atom. The Labute approximate surface area is 190 Å². The number of carbonyl (C=O) groups excluding carboxylic acids is 2. The number of fused-ring (bicyclic) bond motifs is 3. The molecule has 8 heteroatoms. The lowest BCUT2D eigenvalue weighted by Crippen LogP contribution is -2.50. The summed E-state index contributed by atoms with van der Waals surface area (Å²) in [5.41, 5.74) is 4.51. The van der Waals surface area contributed by atoms with Gasteiger partial charge in [0, 0.05) is 11.7 Å². The molecule has 1 heterocycles. The average molecular weight is 453 g/mol. The number of carboxylic acid groups (broad SMARTS) is 1. The predicted octanol–water partition coefficient (Wildman–Crippen LogP) is 3.29. The lowest BCUT2D eigenvalue weighted by molar-refractivity contribution is -0.148. The van der Waals surface area contributed by atoms with Crippen LogP contribution in [0.1, 0.15) is 29.9 Å². The Bertz CT molecular complexity index is 1020. The van der Waals surface area contributed by atoms with E-state index in [1.54, 1.807) is 0 Å². The van der Waals surface area contributed by atoms with Gasteiger partial charge in [0.15, 0.2) is 0 Å². The molecule has 0 spiro atoms. The van der Waals surface area contributed by atoms with Crippen molar-refractivity contribution in [3.8, 4) is 11.1 Å². The monoisotopic (exact) mass is 452 g/mol. The van der Waals surface area contributed by atoms with E-state index in [1.807, 2.05) is 36.4 Å². The zero-order chi connectivity index (χ0) is 22.2. The number of ether oxygens (including phenoxy) is 1. The van der Waals surface area contributed by atoms with E-state index in [0.29, 0.717) is 11.7 Å². The van der Waals surface area contributed by atoms with Crippen LogP contribution in [0, 0.1) is 5.92 Å². The van der Waals surface area contributed by atoms with E-state index in [1.165, 1.54) is 16.7 Å². The molecule has 2 amide bonds. The van der Waals surface area contributed by atoms with Crippen molar-refractivity contribution in [2.24, 2.45) is 5.92 Å². The van der Waals surface area contributed by atoms with E-state index < -0.39 is 18.1 Å². The highest BCUT2D eigenvalue weighted by Crippen LogP contribution is 2.46. The van der Waals surface area contributed by atoms with Crippen LogP contribution in [0.15, 0.2) is 48.5 Å². The summed E-state index contributed by atoms with van der Waals surface area (Å²) < 4.78 is 5.47. The molecular weight excluding hydrogens is 428 g/mol. The third-order valence-corrected chi connectivity index (χ3v) is 7.82. The van der Waals surface area contributed by atoms with Crippen LogP contribution in [0.4, 0.5) is 4.79 Å². The summed E-state index contributed by atoms with van der Waals surface area (Å²) in [6.07, 6.45) is 1.34. The number of aliphatic carboxylic acids is 1. The lowest BCUT2D eigenvalue weighted by atomic mass is 9.98. The van der Waals surface area contributed by atoms with Crippen molar-refractivity contribution in [2.75, 3.05) is 18.9 Å². The SMILES string of the molecule is O=C(NCC(=O)N1C(C(=O)O)CSC1C1CC1)OCC1c2ccccc2-c2ccccc21. The first-order chi connectivity index (χ1) is 15.5. The van der Waals surface area contributed by atoms with Gasteiger partial charge in [0.05, 0.1) is 5.37 Å². The van der Waals surface area contributed by atoms with E-state index in [-0.39, 0.29) is 30.4 Å². The van der Waals surface area contributed by atoms with Gasteiger partial charge in [-0.2, -0.15) is 0 Å². The number of rotatable bonds is 6. The van der Waals surface area contributed by atoms with Gasteiger partial charge in [-0.3, -0.25) is 4.79 Å². The molecule has 1 saturated carbocycles. The van der Waals surface area contributed by atoms with Crippen LogP contribution in [0.3, 0.4) is 0 Å². The van der Waals surface area contributed by atoms with Gasteiger partial charge in [0.25, 0.3) is 0 Å². The molecule has 1 aliphatic heterocycles. The minimum Gasteiger partial charge on any atom is -0.480 e. The fraction of sp³-hybridized carbons (Fsp3) is 0.375. The van der Waals surface area contributed by atoms with Crippen molar-refractivity contribution < 1.29 is 24.2 Å². The second-order valence-electron chi connectivity index (χ2n) is 8.40. The molecule has 2 aliphatic carbocycles. The maximum absolute atomic E-state index is 12.8. The summed E-state index contributed by atoms with van der Waals surface area (Å²) in [5, 5.41) is 11.9. The van der Waals surface area contributed by atoms with Crippen molar-refractivity contribution >= 4 is 29.7 Å². The number of hydrogen-bond donors (Lipinski definition) is 2. The van der Waals surface area contributed by atoms with Gasteiger partial charge in [0.2, 0.25) is 5.91 Å². The molecule has 7 nitrogen and oxygen atoms in total. The Kier molecular flexibility index (Phi) is 5.55. The average Bonchev–Trinajstić information content (AvgIpc) is 3.46. The number of carboxylic acids is 1. The molecular formula is C24H24N2O5S. The van der Waals surface area contributed by atoms with Crippen LogP contribution in [-0.4, -0.2) is 58.3 Å². The molecule has 5 rings (SSSR count). The molecule has 3 aliphatic rings. The van der Waals surface area contributed by atoms with E-state index in [4.69, 9.17) is 4.74 Å². The topological polar surface area (TPSA) is 95.9 Å². The number of hydrogen-bond acceptors (Lipinski definition) is 5. The van der Waals surface area contributed by atoms with Gasteiger partial charge in [-0.05, 0) is 41.0 Å². The van der Waals surface area contributed by atoms with Gasteiger partial charge in [-0.15, -0.1) is 11.8 Å². The van der Waals surface area contributed by atoms with E-state index in [0.717, 1.165) is 35.1 Å². The fourth-order valence-electron chi connectivity index (χ4n) is 4.67. The van der Waals surface area contributed by atoms with Crippen LogP contribution in [0.2, 0.25) is 0 Å². The Morgan fingerprint density at radius 1 is 1.03 bits per heavy atom. The van der Waals surface area contributed by atoms with E-state index >= 15 is 0 Å². The zero-order valence-corrected chi connectivity index (χ0v) is 18.2. The van der Waals surface area contributed by atoms with E-state index in [9.17, 15) is 19.5 Å². The van der Waals surface area contributed by atoms with Gasteiger partial charge in [-0.1, -0.05) is 48.5 Å². The Morgan fingerprint density at radius 3 is 2.25 bits per heavy atom. The van der Waals surface area contributed by atoms with Crippen molar-refractivity contribution in [1.29, 1.82) is 0 Å². The Balaban J connectivity index is 1.20. The molecule has 166 valence electrons. The molecule has 0 aromatic heterocycles. The molecule has 1 saturated heterocycles. The molecule has 2 fully saturated rings. The summed E-state index contributed by atoms with van der Waals surface area (Å²) in [7, 11) is 0. The van der Waals surface area contributed by atoms with Crippen LogP contribution in [0.5, 0.6) is 0 Å². The first-order valence-corrected chi connectivity index (χ1v) is 11.8. The number of nitrogens with zero attached hydrogens (tertiary/aromatic N) is 1. The maximum atomic E-state index is 12.8. The smallest absolute Gasteiger partial charge is 0.407 e. The van der Waals surface area contributed by atoms with Crippen LogP contribution < -0.4 is 5.32 Å². The highest BCUT2D eigenvalue weighted by molar-refractivity contribution is 8.00. The summed E-state index contributed by atoms with van der Waals surface area (Å²) in [6, 6.07) is 15.3. The second kappa shape index (κ2) is 8.50. The lowest BCUT2D eigenvalue weighted by Gasteiger charge is -2.27. The van der Waals surface area contributed by atoms with Gasteiger partial charge in [0.1, 0.15) is 19.2 Å². The maximum Gasteiger partial charge on any atom is 0.407 e. The van der Waals surface area contributed by atoms with Crippen LogP contribution in [0.25, 0.3) is 11.1 Å². The molecule has 0 bridgehead atoms. The van der Waals surface area contributed by atoms with Crippen LogP contribution >= 0.6 is 11.8 Å². The molecule has 2 aromatic rings. The first kappa shape index (κ1) is 20.9. The van der Waals surface area contributed by atoms with Crippen molar-refractivity contribution in [3.05, 3.63) is 59.7 Å². The number of nitrogens with one attached hydrogen (secondary N) is 1. The summed E-state index contributed by atoms with van der Waals surface area (Å²) in [4.78, 5) is 38.1. The minimum atomic E-state index is -1.00. The molecule has 0 radical (unpaired) electrons. The normalized spacial score (nSPS) is 21.7. The molecule has 2 aromatic carbocycles. The number of carbonyl (C=O) groups is 3. The highest BCUT2D eigenvalue weighted by Gasteiger charge is 2.47. The quantitative estimate of drug-likeness (QED) is 0.698. The number of benzene rings is 2. The largest absolute Gasteiger partial charge is 0.480 e. The van der Waals surface area contributed by atoms with Gasteiger partial charge >= 0.3 is 12.1 Å². The predicted molar refractivity (Wildman–Crippen MR) is 120 cm³/mol. The number of alkyl carbamates (subject to hydrolysis) is 1. The van der Waals surface area contributed by atoms with Crippen molar-refractivity contribution in [2.45, 2.75) is 30.2 Å². The van der Waals surface area contributed by atoms with Gasteiger partial charge in [-0.25, -0.2) is 9.59 Å². The minimum absolute atomic E-state index is 0.0607. The standard InChI is InChI=1S/C24H24N2O5S/c27-21(26-20(23(28)29)13-32-22(26)14-9-10-14)11-25-24(30)31-12-19-17-7-3-1-5-15(17)16-6-2-4-8-18(16)19/h1-8,14,19-20,22H,9-13H2,(H,25,30)(H,28,29). The number of thioether (sulfide) groups is 1. The van der Waals surface area contributed by atoms with Gasteiger partial charge < -0.3 is 20.1 Å². The van der Waals surface area contributed by atoms with E-state index in [2.05, 4.69) is 17.4 Å². The van der Waals surface area contributed by atoms with Crippen molar-refractivity contribution in [1.82, 2.24) is 10.2 Å². The summed E-state index contributed by atoms with van der Waals surface area (Å²) in [6.45, 7) is -0.111. The van der Waals surface area contributed by atoms with Crippen molar-refractivity contribution in [3.63, 3.8) is 0 Å². The first-order valence-electron chi connectivity index (χ1n) is 10.8.